The number of benzene rings is 1. The van der Waals surface area contributed by atoms with Crippen LogP contribution in [0, 0.1) is 0 Å². The minimum absolute atomic E-state index is 0.0455. The van der Waals surface area contributed by atoms with Crippen molar-refractivity contribution in [3.8, 4) is 11.4 Å². The maximum Gasteiger partial charge on any atom is 0.321 e. The number of thioether (sulfide) groups is 1. The Labute approximate surface area is 161 Å². The second kappa shape index (κ2) is 9.05. The van der Waals surface area contributed by atoms with Gasteiger partial charge in [0.2, 0.25) is 5.91 Å². The van der Waals surface area contributed by atoms with Crippen molar-refractivity contribution in [1.29, 1.82) is 0 Å². The Hall–Kier alpha value is -2.06. The molecular weight excluding hydrogens is 374 g/mol. The van der Waals surface area contributed by atoms with Gasteiger partial charge in [0.1, 0.15) is 0 Å². The Kier molecular flexibility index (Phi) is 7.05. The highest BCUT2D eigenvalue weighted by molar-refractivity contribution is 8.00. The van der Waals surface area contributed by atoms with Crippen molar-refractivity contribution in [1.82, 2.24) is 25.4 Å². The van der Waals surface area contributed by atoms with E-state index in [-0.39, 0.29) is 11.9 Å². The standard InChI is InChI=1S/C17H22ClN5O2S/c1-5-23-14(12-6-8-13(18)9-7-12)21-22-17(23)26-11(4)15(24)20-16(25)19-10(2)3/h6-11H,5H2,1-4H3,(H2,19,20,24,25)/t11-/m1/s1. The quantitative estimate of drug-likeness (QED) is 0.732. The Morgan fingerprint density at radius 1 is 1.19 bits per heavy atom. The van der Waals surface area contributed by atoms with Crippen LogP contribution in [0.5, 0.6) is 0 Å². The number of rotatable bonds is 6. The highest BCUT2D eigenvalue weighted by Gasteiger charge is 2.21. The van der Waals surface area contributed by atoms with Crippen molar-refractivity contribution in [2.45, 2.75) is 50.7 Å². The van der Waals surface area contributed by atoms with Crippen LogP contribution in [0.2, 0.25) is 5.02 Å². The molecule has 9 heteroatoms. The lowest BCUT2D eigenvalue weighted by Crippen LogP contribution is -2.45. The summed E-state index contributed by atoms with van der Waals surface area (Å²) < 4.78 is 1.92. The first kappa shape index (κ1) is 20.3. The van der Waals surface area contributed by atoms with E-state index < -0.39 is 11.3 Å². The first-order valence-electron chi connectivity index (χ1n) is 8.29. The predicted octanol–water partition coefficient (Wildman–Crippen LogP) is 3.33. The number of nitrogens with one attached hydrogen (secondary N) is 2. The lowest BCUT2D eigenvalue weighted by atomic mass is 10.2. The second-order valence-electron chi connectivity index (χ2n) is 5.93. The molecule has 7 nitrogen and oxygen atoms in total. The fraction of sp³-hybridized carbons (Fsp3) is 0.412. The Bertz CT molecular complexity index is 776. The lowest BCUT2D eigenvalue weighted by Gasteiger charge is -2.13. The number of aromatic nitrogens is 3. The first-order chi connectivity index (χ1) is 12.3. The maximum atomic E-state index is 12.2. The van der Waals surface area contributed by atoms with Crippen LogP contribution < -0.4 is 10.6 Å². The van der Waals surface area contributed by atoms with Gasteiger partial charge < -0.3 is 9.88 Å². The van der Waals surface area contributed by atoms with Crippen molar-refractivity contribution in [3.05, 3.63) is 29.3 Å². The van der Waals surface area contributed by atoms with Gasteiger partial charge in [0, 0.05) is 23.2 Å². The van der Waals surface area contributed by atoms with Crippen LogP contribution in [-0.2, 0) is 11.3 Å². The summed E-state index contributed by atoms with van der Waals surface area (Å²) in [6.45, 7) is 8.00. The zero-order valence-corrected chi connectivity index (χ0v) is 16.7. The topological polar surface area (TPSA) is 88.9 Å². The zero-order chi connectivity index (χ0) is 19.3. The molecule has 0 saturated carbocycles. The van der Waals surface area contributed by atoms with E-state index in [0.29, 0.717) is 22.5 Å². The minimum atomic E-state index is -0.503. The van der Waals surface area contributed by atoms with Gasteiger partial charge in [0.15, 0.2) is 11.0 Å². The summed E-state index contributed by atoms with van der Waals surface area (Å²) >= 11 is 7.18. The van der Waals surface area contributed by atoms with Gasteiger partial charge in [0.25, 0.3) is 0 Å². The lowest BCUT2D eigenvalue weighted by molar-refractivity contribution is -0.119. The van der Waals surface area contributed by atoms with Gasteiger partial charge in [-0.05, 0) is 52.0 Å². The van der Waals surface area contributed by atoms with Crippen LogP contribution in [0.1, 0.15) is 27.7 Å². The number of carbonyl (C=O) groups is 2. The smallest absolute Gasteiger partial charge is 0.321 e. The van der Waals surface area contributed by atoms with Crippen molar-refractivity contribution in [3.63, 3.8) is 0 Å². The second-order valence-corrected chi connectivity index (χ2v) is 7.68. The molecule has 0 fully saturated rings. The third-order valence-corrected chi connectivity index (χ3v) is 4.78. The van der Waals surface area contributed by atoms with E-state index in [2.05, 4.69) is 20.8 Å². The van der Waals surface area contributed by atoms with Crippen molar-refractivity contribution in [2.24, 2.45) is 0 Å². The number of nitrogens with zero attached hydrogens (tertiary/aromatic N) is 3. The molecule has 140 valence electrons. The number of imide groups is 1. The number of halogens is 1. The maximum absolute atomic E-state index is 12.2. The average molecular weight is 396 g/mol. The number of urea groups is 1. The number of amides is 3. The molecule has 0 bridgehead atoms. The monoisotopic (exact) mass is 395 g/mol. The van der Waals surface area contributed by atoms with E-state index in [0.717, 1.165) is 5.56 Å². The molecule has 3 amide bonds. The molecule has 0 spiro atoms. The molecule has 0 aliphatic heterocycles. The predicted molar refractivity (Wildman–Crippen MR) is 103 cm³/mol. The van der Waals surface area contributed by atoms with Gasteiger partial charge in [-0.1, -0.05) is 23.4 Å². The van der Waals surface area contributed by atoms with E-state index in [4.69, 9.17) is 11.6 Å². The summed E-state index contributed by atoms with van der Waals surface area (Å²) in [7, 11) is 0. The highest BCUT2D eigenvalue weighted by Crippen LogP contribution is 2.27. The molecule has 2 aromatic rings. The number of hydrogen-bond donors (Lipinski definition) is 2. The van der Waals surface area contributed by atoms with E-state index in [1.807, 2.05) is 37.5 Å². The molecule has 0 aliphatic carbocycles. The normalized spacial score (nSPS) is 12.1. The fourth-order valence-corrected chi connectivity index (χ4v) is 3.24. The molecular formula is C17H22ClN5O2S. The van der Waals surface area contributed by atoms with Crippen molar-refractivity contribution < 1.29 is 9.59 Å². The van der Waals surface area contributed by atoms with Gasteiger partial charge in [-0.15, -0.1) is 10.2 Å². The third-order valence-electron chi connectivity index (χ3n) is 3.44. The SMILES string of the molecule is CCn1c(S[C@H](C)C(=O)NC(=O)NC(C)C)nnc1-c1ccc(Cl)cc1. The number of carbonyl (C=O) groups excluding carboxylic acids is 2. The number of hydrogen-bond acceptors (Lipinski definition) is 5. The van der Waals surface area contributed by atoms with Gasteiger partial charge in [-0.2, -0.15) is 0 Å². The highest BCUT2D eigenvalue weighted by atomic mass is 35.5. The largest absolute Gasteiger partial charge is 0.336 e. The molecule has 1 heterocycles. The molecule has 0 saturated heterocycles. The van der Waals surface area contributed by atoms with Crippen molar-refractivity contribution in [2.75, 3.05) is 0 Å². The first-order valence-corrected chi connectivity index (χ1v) is 9.54. The minimum Gasteiger partial charge on any atom is -0.336 e. The van der Waals surface area contributed by atoms with Gasteiger partial charge >= 0.3 is 6.03 Å². The summed E-state index contributed by atoms with van der Waals surface area (Å²) in [5.74, 6) is 0.323. The summed E-state index contributed by atoms with van der Waals surface area (Å²) in [4.78, 5) is 23.9. The molecule has 2 N–H and O–H groups in total. The molecule has 0 aliphatic rings. The van der Waals surface area contributed by atoms with Gasteiger partial charge in [-0.3, -0.25) is 10.1 Å². The molecule has 1 atom stereocenters. The Morgan fingerprint density at radius 2 is 1.85 bits per heavy atom. The van der Waals surface area contributed by atoms with Crippen molar-refractivity contribution >= 4 is 35.3 Å². The average Bonchev–Trinajstić information content (AvgIpc) is 2.97. The molecule has 26 heavy (non-hydrogen) atoms. The van der Waals surface area contributed by atoms with Gasteiger partial charge in [0.05, 0.1) is 5.25 Å². The van der Waals surface area contributed by atoms with Crippen LogP contribution >= 0.6 is 23.4 Å². The van der Waals surface area contributed by atoms with E-state index in [1.54, 1.807) is 19.1 Å². The van der Waals surface area contributed by atoms with Gasteiger partial charge in [-0.25, -0.2) is 4.79 Å². The fourth-order valence-electron chi connectivity index (χ4n) is 2.20. The zero-order valence-electron chi connectivity index (χ0n) is 15.1. The van der Waals surface area contributed by atoms with E-state index in [9.17, 15) is 9.59 Å². The summed E-state index contributed by atoms with van der Waals surface area (Å²) in [5, 5.41) is 14.2. The van der Waals surface area contributed by atoms with Crippen LogP contribution in [0.15, 0.2) is 29.4 Å². The van der Waals surface area contributed by atoms with E-state index in [1.165, 1.54) is 11.8 Å². The van der Waals surface area contributed by atoms with E-state index >= 15 is 0 Å². The Morgan fingerprint density at radius 3 is 2.42 bits per heavy atom. The van der Waals surface area contributed by atoms with Crippen LogP contribution in [0.4, 0.5) is 4.79 Å². The third kappa shape index (κ3) is 5.22. The summed E-state index contributed by atoms with van der Waals surface area (Å²) in [6.07, 6.45) is 0. The summed E-state index contributed by atoms with van der Waals surface area (Å²) in [6, 6.07) is 6.79. The van der Waals surface area contributed by atoms with Crippen LogP contribution in [0.25, 0.3) is 11.4 Å². The molecule has 1 aromatic carbocycles. The Balaban J connectivity index is 2.10. The molecule has 0 radical (unpaired) electrons. The van der Waals surface area contributed by atoms with Crippen LogP contribution in [0.3, 0.4) is 0 Å². The van der Waals surface area contributed by atoms with Crippen LogP contribution in [-0.4, -0.2) is 38.0 Å². The molecule has 1 aromatic heterocycles. The molecule has 0 unspecified atom stereocenters. The molecule has 2 rings (SSSR count). The summed E-state index contributed by atoms with van der Waals surface area (Å²) in [5.41, 5.74) is 0.893.